The Bertz CT molecular complexity index is 1030. The van der Waals surface area contributed by atoms with Crippen LogP contribution in [0, 0.1) is 10.1 Å². The Kier molecular flexibility index (Phi) is 5.22. The van der Waals surface area contributed by atoms with Crippen molar-refractivity contribution >= 4 is 28.7 Å². The average molecular weight is 366 g/mol. The number of fused-ring (bicyclic) bond motifs is 1. The summed E-state index contributed by atoms with van der Waals surface area (Å²) < 4.78 is 5.47. The Morgan fingerprint density at radius 1 is 1.26 bits per heavy atom. The SMILES string of the molecule is O=C(COc1cccc2cccnc12)N/N=C/c1cccc([N+](=O)[O-])c1O. The molecule has 1 aromatic heterocycles. The van der Waals surface area contributed by atoms with Gasteiger partial charge in [0.25, 0.3) is 5.91 Å². The van der Waals surface area contributed by atoms with E-state index in [1.165, 1.54) is 12.1 Å². The van der Waals surface area contributed by atoms with E-state index >= 15 is 0 Å². The molecule has 0 saturated carbocycles. The van der Waals surface area contributed by atoms with Gasteiger partial charge in [-0.3, -0.25) is 19.9 Å². The van der Waals surface area contributed by atoms with Crippen LogP contribution < -0.4 is 10.2 Å². The Morgan fingerprint density at radius 3 is 2.85 bits per heavy atom. The monoisotopic (exact) mass is 366 g/mol. The zero-order valence-electron chi connectivity index (χ0n) is 13.9. The Balaban J connectivity index is 1.61. The number of nitro benzene ring substituents is 1. The van der Waals surface area contributed by atoms with Crippen LogP contribution in [0.25, 0.3) is 10.9 Å². The number of hydrogen-bond acceptors (Lipinski definition) is 7. The molecule has 0 fully saturated rings. The van der Waals surface area contributed by atoms with E-state index in [4.69, 9.17) is 4.74 Å². The van der Waals surface area contributed by atoms with Gasteiger partial charge in [0, 0.05) is 23.2 Å². The Labute approximate surface area is 153 Å². The first kappa shape index (κ1) is 17.8. The first-order valence-electron chi connectivity index (χ1n) is 7.81. The topological polar surface area (TPSA) is 127 Å². The number of rotatable bonds is 6. The summed E-state index contributed by atoms with van der Waals surface area (Å²) in [6, 6.07) is 13.0. The summed E-state index contributed by atoms with van der Waals surface area (Å²) in [7, 11) is 0. The third kappa shape index (κ3) is 4.15. The molecule has 3 rings (SSSR count). The Hall–Kier alpha value is -4.01. The van der Waals surface area contributed by atoms with E-state index < -0.39 is 22.3 Å². The molecule has 0 aliphatic carbocycles. The zero-order chi connectivity index (χ0) is 19.2. The van der Waals surface area contributed by atoms with Crippen molar-refractivity contribution < 1.29 is 19.6 Å². The number of amides is 1. The molecule has 0 bridgehead atoms. The molecule has 3 aromatic rings. The molecule has 9 nitrogen and oxygen atoms in total. The highest BCUT2D eigenvalue weighted by molar-refractivity contribution is 5.87. The summed E-state index contributed by atoms with van der Waals surface area (Å²) in [6.07, 6.45) is 2.74. The van der Waals surface area contributed by atoms with Crippen LogP contribution >= 0.6 is 0 Å². The van der Waals surface area contributed by atoms with Gasteiger partial charge in [0.05, 0.1) is 11.1 Å². The highest BCUT2D eigenvalue weighted by Crippen LogP contribution is 2.27. The van der Waals surface area contributed by atoms with Crippen LogP contribution in [0.2, 0.25) is 0 Å². The molecule has 2 aromatic carbocycles. The second-order valence-electron chi connectivity index (χ2n) is 5.39. The molecule has 1 amide bonds. The van der Waals surface area contributed by atoms with Crippen molar-refractivity contribution in [3.05, 3.63) is 70.4 Å². The normalized spacial score (nSPS) is 10.8. The summed E-state index contributed by atoms with van der Waals surface area (Å²) in [5, 5.41) is 25.1. The van der Waals surface area contributed by atoms with Gasteiger partial charge in [0.2, 0.25) is 5.75 Å². The fraction of sp³-hybridized carbons (Fsp3) is 0.0556. The highest BCUT2D eigenvalue weighted by atomic mass is 16.6. The van der Waals surface area contributed by atoms with Gasteiger partial charge in [-0.15, -0.1) is 0 Å². The van der Waals surface area contributed by atoms with E-state index in [-0.39, 0.29) is 12.2 Å². The van der Waals surface area contributed by atoms with Crippen molar-refractivity contribution in [1.29, 1.82) is 0 Å². The minimum Gasteiger partial charge on any atom is -0.502 e. The first-order chi connectivity index (χ1) is 13.1. The predicted octanol–water partition coefficient (Wildman–Crippen LogP) is 2.38. The van der Waals surface area contributed by atoms with Crippen LogP contribution in [0.3, 0.4) is 0 Å². The van der Waals surface area contributed by atoms with Crippen molar-refractivity contribution in [3.8, 4) is 11.5 Å². The van der Waals surface area contributed by atoms with Gasteiger partial charge in [-0.2, -0.15) is 5.10 Å². The maximum atomic E-state index is 11.9. The number of phenolic OH excluding ortho intramolecular Hbond substituents is 1. The van der Waals surface area contributed by atoms with Crippen LogP contribution in [-0.2, 0) is 4.79 Å². The van der Waals surface area contributed by atoms with E-state index in [0.717, 1.165) is 17.7 Å². The molecule has 2 N–H and O–H groups in total. The van der Waals surface area contributed by atoms with Crippen molar-refractivity contribution in [1.82, 2.24) is 10.4 Å². The number of nitro groups is 1. The minimum atomic E-state index is -0.711. The molecule has 136 valence electrons. The van der Waals surface area contributed by atoms with Crippen LogP contribution in [-0.4, -0.2) is 33.7 Å². The number of phenols is 1. The number of aromatic nitrogens is 1. The van der Waals surface area contributed by atoms with E-state index in [0.29, 0.717) is 11.3 Å². The lowest BCUT2D eigenvalue weighted by Crippen LogP contribution is -2.24. The van der Waals surface area contributed by atoms with Gasteiger partial charge in [-0.25, -0.2) is 5.43 Å². The number of carbonyl (C=O) groups excluding carboxylic acids is 1. The highest BCUT2D eigenvalue weighted by Gasteiger charge is 2.15. The quantitative estimate of drug-likeness (QED) is 0.392. The van der Waals surface area contributed by atoms with Crippen LogP contribution in [0.4, 0.5) is 5.69 Å². The zero-order valence-corrected chi connectivity index (χ0v) is 13.9. The molecule has 0 spiro atoms. The molecule has 1 heterocycles. The minimum absolute atomic E-state index is 0.101. The van der Waals surface area contributed by atoms with Gasteiger partial charge >= 0.3 is 5.69 Å². The summed E-state index contributed by atoms with van der Waals surface area (Å²) >= 11 is 0. The van der Waals surface area contributed by atoms with Crippen LogP contribution in [0.1, 0.15) is 5.56 Å². The molecule has 27 heavy (non-hydrogen) atoms. The summed E-state index contributed by atoms with van der Waals surface area (Å²) in [4.78, 5) is 26.2. The fourth-order valence-electron chi connectivity index (χ4n) is 2.34. The fourth-order valence-corrected chi connectivity index (χ4v) is 2.34. The standard InChI is InChI=1S/C18H14N4O5/c23-16(11-27-15-8-2-4-12-6-3-9-19-17(12)15)21-20-10-13-5-1-7-14(18(13)24)22(25)26/h1-10,24H,11H2,(H,21,23)/b20-10+. The molecular formula is C18H14N4O5. The van der Waals surface area contributed by atoms with Crippen molar-refractivity contribution in [2.75, 3.05) is 6.61 Å². The largest absolute Gasteiger partial charge is 0.502 e. The van der Waals surface area contributed by atoms with E-state index in [2.05, 4.69) is 15.5 Å². The third-order valence-corrected chi connectivity index (χ3v) is 3.59. The van der Waals surface area contributed by atoms with E-state index in [1.54, 1.807) is 24.4 Å². The number of aromatic hydroxyl groups is 1. The average Bonchev–Trinajstić information content (AvgIpc) is 2.67. The predicted molar refractivity (Wildman–Crippen MR) is 97.7 cm³/mol. The number of carbonyl (C=O) groups is 1. The smallest absolute Gasteiger partial charge is 0.311 e. The van der Waals surface area contributed by atoms with Crippen molar-refractivity contribution in [3.63, 3.8) is 0 Å². The number of nitrogens with zero attached hydrogens (tertiary/aromatic N) is 3. The van der Waals surface area contributed by atoms with Gasteiger partial charge in [-0.05, 0) is 18.2 Å². The maximum absolute atomic E-state index is 11.9. The summed E-state index contributed by atoms with van der Waals surface area (Å²) in [6.45, 7) is -0.298. The molecule has 0 unspecified atom stereocenters. The van der Waals surface area contributed by atoms with Crippen molar-refractivity contribution in [2.24, 2.45) is 5.10 Å². The van der Waals surface area contributed by atoms with Gasteiger partial charge in [-0.1, -0.05) is 24.3 Å². The number of pyridine rings is 1. The van der Waals surface area contributed by atoms with E-state index in [9.17, 15) is 20.0 Å². The lowest BCUT2D eigenvalue weighted by Gasteiger charge is -2.07. The molecular weight excluding hydrogens is 352 g/mol. The molecule has 0 radical (unpaired) electrons. The second kappa shape index (κ2) is 7.91. The maximum Gasteiger partial charge on any atom is 0.311 e. The lowest BCUT2D eigenvalue weighted by molar-refractivity contribution is -0.385. The van der Waals surface area contributed by atoms with Gasteiger partial charge in [0.1, 0.15) is 11.3 Å². The van der Waals surface area contributed by atoms with Gasteiger partial charge < -0.3 is 9.84 Å². The molecule has 9 heteroatoms. The lowest BCUT2D eigenvalue weighted by atomic mass is 10.2. The third-order valence-electron chi connectivity index (χ3n) is 3.59. The molecule has 0 aliphatic heterocycles. The van der Waals surface area contributed by atoms with Gasteiger partial charge in [0.15, 0.2) is 6.61 Å². The Morgan fingerprint density at radius 2 is 2.04 bits per heavy atom. The van der Waals surface area contributed by atoms with E-state index in [1.807, 2.05) is 12.1 Å². The molecule has 0 aliphatic rings. The summed E-state index contributed by atoms with van der Waals surface area (Å²) in [5.74, 6) is -0.605. The number of para-hydroxylation sites is 2. The first-order valence-corrected chi connectivity index (χ1v) is 7.81. The van der Waals surface area contributed by atoms with Crippen LogP contribution in [0.15, 0.2) is 59.8 Å². The number of nitrogens with one attached hydrogen (secondary N) is 1. The number of hydrazone groups is 1. The second-order valence-corrected chi connectivity index (χ2v) is 5.39. The van der Waals surface area contributed by atoms with Crippen LogP contribution in [0.5, 0.6) is 11.5 Å². The number of ether oxygens (including phenoxy) is 1. The molecule has 0 saturated heterocycles. The number of benzene rings is 2. The summed E-state index contributed by atoms with van der Waals surface area (Å²) in [5.41, 5.74) is 2.52. The molecule has 0 atom stereocenters. The number of hydrogen-bond donors (Lipinski definition) is 2. The van der Waals surface area contributed by atoms with Crippen molar-refractivity contribution in [2.45, 2.75) is 0 Å².